The van der Waals surface area contributed by atoms with Crippen molar-refractivity contribution in [3.05, 3.63) is 35.4 Å². The van der Waals surface area contributed by atoms with Crippen LogP contribution in [-0.2, 0) is 15.6 Å². The maximum atomic E-state index is 12.0. The van der Waals surface area contributed by atoms with Gasteiger partial charge < -0.3 is 11.1 Å². The Morgan fingerprint density at radius 2 is 1.71 bits per heavy atom. The largest absolute Gasteiger partial charge is 0.350 e. The number of amides is 1. The monoisotopic (exact) mass is 312 g/mol. The maximum absolute atomic E-state index is 12.0. The lowest BCUT2D eigenvalue weighted by atomic mass is 9.94. The predicted octanol–water partition coefficient (Wildman–Crippen LogP) is 1.48. The minimum absolute atomic E-state index is 0.0213. The lowest BCUT2D eigenvalue weighted by Crippen LogP contribution is -2.49. The van der Waals surface area contributed by atoms with Crippen LogP contribution in [0.3, 0.4) is 0 Å². The van der Waals surface area contributed by atoms with Crippen LogP contribution in [0.1, 0.15) is 42.6 Å². The number of nitrogens with one attached hydrogen (secondary N) is 1. The normalized spacial score (nSPS) is 12.2. The highest BCUT2D eigenvalue weighted by Gasteiger charge is 2.21. The summed E-state index contributed by atoms with van der Waals surface area (Å²) in [5.41, 5.74) is 6.92. The highest BCUT2D eigenvalue weighted by atomic mass is 32.2. The van der Waals surface area contributed by atoms with E-state index in [0.29, 0.717) is 17.7 Å². The van der Waals surface area contributed by atoms with Gasteiger partial charge in [-0.05, 0) is 30.5 Å². The van der Waals surface area contributed by atoms with Gasteiger partial charge in [0.1, 0.15) is 0 Å². The van der Waals surface area contributed by atoms with E-state index >= 15 is 0 Å². The smallest absolute Gasteiger partial charge is 0.251 e. The molecule has 0 unspecified atom stereocenters. The van der Waals surface area contributed by atoms with Gasteiger partial charge in [-0.3, -0.25) is 4.79 Å². The zero-order valence-corrected chi connectivity index (χ0v) is 13.7. The Labute approximate surface area is 126 Å². The summed E-state index contributed by atoms with van der Waals surface area (Å²) in [7, 11) is -3.06. The van der Waals surface area contributed by atoms with E-state index in [9.17, 15) is 13.2 Å². The van der Waals surface area contributed by atoms with Gasteiger partial charge in [-0.15, -0.1) is 0 Å². The molecule has 0 aliphatic carbocycles. The molecule has 0 atom stereocenters. The molecule has 1 aromatic rings. The van der Waals surface area contributed by atoms with E-state index < -0.39 is 9.84 Å². The van der Waals surface area contributed by atoms with Crippen LogP contribution in [0.5, 0.6) is 0 Å². The molecule has 0 aliphatic heterocycles. The predicted molar refractivity (Wildman–Crippen MR) is 84.8 cm³/mol. The molecule has 0 saturated heterocycles. The summed E-state index contributed by atoms with van der Waals surface area (Å²) in [5, 5.41) is 2.83. The summed E-state index contributed by atoms with van der Waals surface area (Å²) in [4.78, 5) is 12.0. The second kappa shape index (κ2) is 7.04. The van der Waals surface area contributed by atoms with Gasteiger partial charge in [-0.2, -0.15) is 0 Å². The van der Waals surface area contributed by atoms with Crippen molar-refractivity contribution >= 4 is 15.7 Å². The van der Waals surface area contributed by atoms with E-state index in [4.69, 9.17) is 5.73 Å². The molecular weight excluding hydrogens is 288 g/mol. The number of hydrogen-bond acceptors (Lipinski definition) is 4. The van der Waals surface area contributed by atoms with E-state index in [1.807, 2.05) is 13.8 Å². The van der Waals surface area contributed by atoms with Crippen molar-refractivity contribution in [3.63, 3.8) is 0 Å². The molecule has 5 nitrogen and oxygen atoms in total. The topological polar surface area (TPSA) is 89.3 Å². The molecule has 0 radical (unpaired) electrons. The summed E-state index contributed by atoms with van der Waals surface area (Å²) in [6.45, 7) is 4.41. The van der Waals surface area contributed by atoms with E-state index in [2.05, 4.69) is 5.32 Å². The number of nitrogens with two attached hydrogens (primary N) is 1. The third-order valence-corrected chi connectivity index (χ3v) is 4.51. The average molecular weight is 312 g/mol. The second-order valence-electron chi connectivity index (χ2n) is 5.52. The van der Waals surface area contributed by atoms with Crippen molar-refractivity contribution in [3.8, 4) is 0 Å². The quantitative estimate of drug-likeness (QED) is 0.798. The Hall–Kier alpha value is -1.40. The third-order valence-electron chi connectivity index (χ3n) is 3.65. The molecular formula is C15H24N2O3S. The first kappa shape index (κ1) is 17.7. The van der Waals surface area contributed by atoms with Gasteiger partial charge in [0.15, 0.2) is 9.84 Å². The molecule has 21 heavy (non-hydrogen) atoms. The Balaban J connectivity index is 2.68. The van der Waals surface area contributed by atoms with Gasteiger partial charge in [-0.1, -0.05) is 26.0 Å². The first-order valence-corrected chi connectivity index (χ1v) is 9.09. The minimum atomic E-state index is -3.06. The molecule has 0 bridgehead atoms. The number of benzene rings is 1. The van der Waals surface area contributed by atoms with Crippen molar-refractivity contribution in [2.24, 2.45) is 5.73 Å². The van der Waals surface area contributed by atoms with Crippen LogP contribution < -0.4 is 11.1 Å². The summed E-state index contributed by atoms with van der Waals surface area (Å²) in [6.07, 6.45) is 2.76. The highest BCUT2D eigenvalue weighted by molar-refractivity contribution is 7.89. The van der Waals surface area contributed by atoms with Crippen LogP contribution in [-0.4, -0.2) is 32.7 Å². The molecule has 118 valence electrons. The van der Waals surface area contributed by atoms with Crippen LogP contribution >= 0.6 is 0 Å². The number of rotatable bonds is 7. The lowest BCUT2D eigenvalue weighted by molar-refractivity contribution is 0.0942. The van der Waals surface area contributed by atoms with Crippen LogP contribution in [0.15, 0.2) is 24.3 Å². The molecule has 0 saturated carbocycles. The Kier molecular flexibility index (Phi) is 5.92. The summed E-state index contributed by atoms with van der Waals surface area (Å²) >= 11 is 0. The van der Waals surface area contributed by atoms with Crippen molar-refractivity contribution in [2.45, 2.75) is 38.0 Å². The first-order chi connectivity index (χ1) is 9.69. The maximum Gasteiger partial charge on any atom is 0.251 e. The van der Waals surface area contributed by atoms with E-state index in [-0.39, 0.29) is 17.2 Å². The lowest BCUT2D eigenvalue weighted by Gasteiger charge is -2.26. The van der Waals surface area contributed by atoms with Crippen molar-refractivity contribution in [2.75, 3.05) is 12.8 Å². The second-order valence-corrected chi connectivity index (χ2v) is 7.66. The van der Waals surface area contributed by atoms with E-state index in [0.717, 1.165) is 12.8 Å². The average Bonchev–Trinajstić information content (AvgIpc) is 2.43. The first-order valence-electron chi connectivity index (χ1n) is 7.03. The van der Waals surface area contributed by atoms with Gasteiger partial charge in [0.25, 0.3) is 5.91 Å². The fourth-order valence-corrected chi connectivity index (χ4v) is 2.71. The van der Waals surface area contributed by atoms with Gasteiger partial charge in [0.2, 0.25) is 0 Å². The van der Waals surface area contributed by atoms with Crippen molar-refractivity contribution in [1.29, 1.82) is 0 Å². The van der Waals surface area contributed by atoms with Gasteiger partial charge in [-0.25, -0.2) is 8.42 Å². The molecule has 3 N–H and O–H groups in total. The third kappa shape index (κ3) is 5.85. The fourth-order valence-electron chi connectivity index (χ4n) is 1.91. The number of sulfone groups is 1. The van der Waals surface area contributed by atoms with Crippen molar-refractivity contribution in [1.82, 2.24) is 5.32 Å². The van der Waals surface area contributed by atoms with Gasteiger partial charge >= 0.3 is 0 Å². The van der Waals surface area contributed by atoms with E-state index in [1.165, 1.54) is 6.26 Å². The summed E-state index contributed by atoms with van der Waals surface area (Å²) in [5.74, 6) is -0.218. The Morgan fingerprint density at radius 3 is 2.14 bits per heavy atom. The molecule has 1 rings (SSSR count). The molecule has 6 heteroatoms. The van der Waals surface area contributed by atoms with Crippen LogP contribution in [0.2, 0.25) is 0 Å². The molecule has 0 aliphatic rings. The summed E-state index contributed by atoms with van der Waals surface area (Å²) in [6, 6.07) is 6.58. The molecule has 0 fully saturated rings. The summed E-state index contributed by atoms with van der Waals surface area (Å²) < 4.78 is 22.4. The number of hydrogen-bond donors (Lipinski definition) is 2. The SMILES string of the molecule is CCC(N)(CC)CNC(=O)c1ccc(CS(C)(=O)=O)cc1. The number of carbonyl (C=O) groups is 1. The molecule has 1 aromatic carbocycles. The van der Waals surface area contributed by atoms with Crippen LogP contribution in [0.25, 0.3) is 0 Å². The zero-order chi connectivity index (χ0) is 16.1. The standard InChI is InChI=1S/C15H24N2O3S/c1-4-15(16,5-2)11-17-14(18)13-8-6-12(7-9-13)10-21(3,19)20/h6-9H,4-5,10-11,16H2,1-3H3,(H,17,18). The molecule has 0 heterocycles. The van der Waals surface area contributed by atoms with Crippen molar-refractivity contribution < 1.29 is 13.2 Å². The molecule has 1 amide bonds. The number of carbonyl (C=O) groups excluding carboxylic acids is 1. The Morgan fingerprint density at radius 1 is 1.19 bits per heavy atom. The van der Waals surface area contributed by atoms with Gasteiger partial charge in [0.05, 0.1) is 5.75 Å². The molecule has 0 spiro atoms. The van der Waals surface area contributed by atoms with Crippen LogP contribution in [0, 0.1) is 0 Å². The van der Waals surface area contributed by atoms with E-state index in [1.54, 1.807) is 24.3 Å². The molecule has 0 aromatic heterocycles. The Bertz CT molecular complexity index is 575. The minimum Gasteiger partial charge on any atom is -0.350 e. The van der Waals surface area contributed by atoms with Crippen LogP contribution in [0.4, 0.5) is 0 Å². The highest BCUT2D eigenvalue weighted by Crippen LogP contribution is 2.11. The van der Waals surface area contributed by atoms with Gasteiger partial charge in [0, 0.05) is 23.9 Å². The zero-order valence-electron chi connectivity index (χ0n) is 12.8. The fraction of sp³-hybridized carbons (Fsp3) is 0.533.